The molecule has 7 heteroatoms. The highest BCUT2D eigenvalue weighted by molar-refractivity contribution is 14.0. The minimum Gasteiger partial charge on any atom is -0.490 e. The summed E-state index contributed by atoms with van der Waals surface area (Å²) in [6, 6.07) is 4.93. The SMILES string of the molecule is CCNC(=NCCO)NC(C)c1ccc(OCC2CC2)c(F)c1.I. The summed E-state index contributed by atoms with van der Waals surface area (Å²) in [6.45, 7) is 5.53. The van der Waals surface area contributed by atoms with Gasteiger partial charge in [-0.15, -0.1) is 24.0 Å². The first kappa shape index (κ1) is 21.0. The number of aliphatic hydroxyl groups is 1. The summed E-state index contributed by atoms with van der Waals surface area (Å²) in [5.74, 6) is 1.17. The van der Waals surface area contributed by atoms with Gasteiger partial charge in [0.1, 0.15) is 0 Å². The Morgan fingerprint density at radius 3 is 2.79 bits per heavy atom. The molecule has 1 atom stereocenters. The Morgan fingerprint density at radius 1 is 1.46 bits per heavy atom. The number of nitrogens with one attached hydrogen (secondary N) is 2. The molecule has 1 aromatic carbocycles. The lowest BCUT2D eigenvalue weighted by Crippen LogP contribution is -2.39. The van der Waals surface area contributed by atoms with Crippen molar-refractivity contribution in [1.82, 2.24) is 10.6 Å². The first-order valence-corrected chi connectivity index (χ1v) is 8.22. The van der Waals surface area contributed by atoms with Crippen LogP contribution in [0.4, 0.5) is 4.39 Å². The monoisotopic (exact) mass is 451 g/mol. The average Bonchev–Trinajstić information content (AvgIpc) is 3.35. The van der Waals surface area contributed by atoms with Crippen molar-refractivity contribution in [1.29, 1.82) is 0 Å². The van der Waals surface area contributed by atoms with Crippen molar-refractivity contribution < 1.29 is 14.2 Å². The van der Waals surface area contributed by atoms with E-state index in [1.54, 1.807) is 6.07 Å². The Bertz CT molecular complexity index is 539. The number of hydrogen-bond acceptors (Lipinski definition) is 3. The third kappa shape index (κ3) is 6.80. The van der Waals surface area contributed by atoms with Gasteiger partial charge in [-0.3, -0.25) is 4.99 Å². The van der Waals surface area contributed by atoms with Gasteiger partial charge in [0.2, 0.25) is 0 Å². The Hall–Kier alpha value is -1.09. The van der Waals surface area contributed by atoms with Gasteiger partial charge in [0.25, 0.3) is 0 Å². The zero-order valence-corrected chi connectivity index (χ0v) is 16.5. The second-order valence-electron chi connectivity index (χ2n) is 5.79. The van der Waals surface area contributed by atoms with Crippen LogP contribution in [0.3, 0.4) is 0 Å². The lowest BCUT2D eigenvalue weighted by atomic mass is 10.1. The highest BCUT2D eigenvalue weighted by atomic mass is 127. The van der Waals surface area contributed by atoms with Gasteiger partial charge in [-0.2, -0.15) is 0 Å². The summed E-state index contributed by atoms with van der Waals surface area (Å²) in [5, 5.41) is 15.2. The van der Waals surface area contributed by atoms with Crippen LogP contribution in [-0.2, 0) is 0 Å². The van der Waals surface area contributed by atoms with Crippen LogP contribution in [0, 0.1) is 11.7 Å². The summed E-state index contributed by atoms with van der Waals surface area (Å²) in [5.41, 5.74) is 0.816. The fraction of sp³-hybridized carbons (Fsp3) is 0.588. The maximum Gasteiger partial charge on any atom is 0.191 e. The van der Waals surface area contributed by atoms with Crippen LogP contribution in [0.1, 0.15) is 38.3 Å². The second-order valence-corrected chi connectivity index (χ2v) is 5.79. The largest absolute Gasteiger partial charge is 0.490 e. The normalized spacial score (nSPS) is 15.4. The van der Waals surface area contributed by atoms with Gasteiger partial charge in [0.05, 0.1) is 25.8 Å². The molecule has 0 aliphatic heterocycles. The van der Waals surface area contributed by atoms with Crippen molar-refractivity contribution in [3.63, 3.8) is 0 Å². The molecule has 1 saturated carbocycles. The van der Waals surface area contributed by atoms with E-state index in [2.05, 4.69) is 15.6 Å². The highest BCUT2D eigenvalue weighted by Crippen LogP contribution is 2.30. The highest BCUT2D eigenvalue weighted by Gasteiger charge is 2.22. The molecule has 1 aromatic rings. The number of halogens is 2. The molecule has 24 heavy (non-hydrogen) atoms. The maximum atomic E-state index is 14.1. The molecule has 1 fully saturated rings. The van der Waals surface area contributed by atoms with E-state index < -0.39 is 0 Å². The lowest BCUT2D eigenvalue weighted by molar-refractivity contribution is 0.285. The van der Waals surface area contributed by atoms with E-state index >= 15 is 0 Å². The van der Waals surface area contributed by atoms with Gasteiger partial charge in [0, 0.05) is 6.54 Å². The fourth-order valence-electron chi connectivity index (χ4n) is 2.17. The van der Waals surface area contributed by atoms with E-state index in [0.717, 1.165) is 5.56 Å². The number of aliphatic hydroxyl groups excluding tert-OH is 1. The molecule has 136 valence electrons. The fourth-order valence-corrected chi connectivity index (χ4v) is 2.17. The Labute approximate surface area is 160 Å². The van der Waals surface area contributed by atoms with Crippen molar-refractivity contribution >= 4 is 29.9 Å². The molecular formula is C17H27FIN3O2. The first-order chi connectivity index (χ1) is 11.1. The molecule has 3 N–H and O–H groups in total. The van der Waals surface area contributed by atoms with Gasteiger partial charge >= 0.3 is 0 Å². The zero-order valence-electron chi connectivity index (χ0n) is 14.2. The first-order valence-electron chi connectivity index (χ1n) is 8.22. The second kappa shape index (κ2) is 10.7. The maximum absolute atomic E-state index is 14.1. The average molecular weight is 451 g/mol. The standard InChI is InChI=1S/C17H26FN3O2.HI/c1-3-19-17(20-8-9-22)21-12(2)14-6-7-16(15(18)10-14)23-11-13-4-5-13;/h6-7,10,12-13,22H,3-5,8-9,11H2,1-2H3,(H2,19,20,21);1H. The van der Waals surface area contributed by atoms with Crippen LogP contribution in [0.2, 0.25) is 0 Å². The molecule has 0 heterocycles. The van der Waals surface area contributed by atoms with Crippen LogP contribution in [0.25, 0.3) is 0 Å². The van der Waals surface area contributed by atoms with Crippen molar-refractivity contribution in [2.75, 3.05) is 26.3 Å². The minimum absolute atomic E-state index is 0. The van der Waals surface area contributed by atoms with E-state index in [9.17, 15) is 4.39 Å². The Kier molecular flexibility index (Phi) is 9.35. The van der Waals surface area contributed by atoms with Crippen molar-refractivity contribution in [3.8, 4) is 5.75 Å². The molecule has 1 aliphatic rings. The summed E-state index contributed by atoms with van der Waals surface area (Å²) >= 11 is 0. The van der Waals surface area contributed by atoms with Crippen molar-refractivity contribution in [2.24, 2.45) is 10.9 Å². The molecule has 0 radical (unpaired) electrons. The number of ether oxygens (including phenoxy) is 1. The molecule has 1 aliphatic carbocycles. The number of nitrogens with zero attached hydrogens (tertiary/aromatic N) is 1. The molecule has 0 spiro atoms. The van der Waals surface area contributed by atoms with E-state index in [0.29, 0.717) is 37.3 Å². The molecule has 0 bridgehead atoms. The summed E-state index contributed by atoms with van der Waals surface area (Å²) in [7, 11) is 0. The lowest BCUT2D eigenvalue weighted by Gasteiger charge is -2.19. The molecule has 2 rings (SSSR count). The number of aliphatic imine (C=N–C) groups is 1. The molecule has 0 amide bonds. The van der Waals surface area contributed by atoms with Gasteiger partial charge in [-0.1, -0.05) is 6.07 Å². The molecule has 0 saturated heterocycles. The zero-order chi connectivity index (χ0) is 16.7. The topological polar surface area (TPSA) is 65.9 Å². The van der Waals surface area contributed by atoms with E-state index in [1.165, 1.54) is 18.9 Å². The number of benzene rings is 1. The Morgan fingerprint density at radius 2 is 2.21 bits per heavy atom. The smallest absolute Gasteiger partial charge is 0.191 e. The molecule has 0 aromatic heterocycles. The summed E-state index contributed by atoms with van der Waals surface area (Å²) in [6.07, 6.45) is 2.36. The number of hydrogen-bond donors (Lipinski definition) is 3. The van der Waals surface area contributed by atoms with Gasteiger partial charge < -0.3 is 20.5 Å². The van der Waals surface area contributed by atoms with E-state index in [-0.39, 0.29) is 42.4 Å². The Balaban J connectivity index is 0.00000288. The molecule has 1 unspecified atom stereocenters. The van der Waals surface area contributed by atoms with Crippen LogP contribution in [0.5, 0.6) is 5.75 Å². The van der Waals surface area contributed by atoms with E-state index in [1.807, 2.05) is 19.9 Å². The summed E-state index contributed by atoms with van der Waals surface area (Å²) < 4.78 is 19.6. The van der Waals surface area contributed by atoms with Crippen molar-refractivity contribution in [2.45, 2.75) is 32.7 Å². The number of rotatable bonds is 8. The van der Waals surface area contributed by atoms with Crippen LogP contribution < -0.4 is 15.4 Å². The third-order valence-corrected chi connectivity index (χ3v) is 3.69. The van der Waals surface area contributed by atoms with Gasteiger partial charge in [-0.25, -0.2) is 4.39 Å². The van der Waals surface area contributed by atoms with Crippen LogP contribution >= 0.6 is 24.0 Å². The third-order valence-electron chi connectivity index (χ3n) is 3.69. The van der Waals surface area contributed by atoms with Gasteiger partial charge in [-0.05, 0) is 50.3 Å². The minimum atomic E-state index is -0.339. The molecular weight excluding hydrogens is 424 g/mol. The predicted octanol–water partition coefficient (Wildman–Crippen LogP) is 2.84. The summed E-state index contributed by atoms with van der Waals surface area (Å²) in [4.78, 5) is 4.22. The number of guanidine groups is 1. The van der Waals surface area contributed by atoms with Gasteiger partial charge in [0.15, 0.2) is 17.5 Å². The van der Waals surface area contributed by atoms with Crippen molar-refractivity contribution in [3.05, 3.63) is 29.6 Å². The predicted molar refractivity (Wildman–Crippen MR) is 105 cm³/mol. The quantitative estimate of drug-likeness (QED) is 0.323. The van der Waals surface area contributed by atoms with E-state index in [4.69, 9.17) is 9.84 Å². The molecule has 5 nitrogen and oxygen atoms in total. The van der Waals surface area contributed by atoms with Crippen LogP contribution in [-0.4, -0.2) is 37.4 Å². The van der Waals surface area contributed by atoms with Crippen LogP contribution in [0.15, 0.2) is 23.2 Å².